The molecule has 3 aliphatic heterocycles. The van der Waals surface area contributed by atoms with Gasteiger partial charge >= 0.3 is 0 Å². The molecule has 0 aromatic heterocycles. The zero-order valence-corrected chi connectivity index (χ0v) is 43.0. The topological polar surface area (TPSA) is 119 Å². The number of rotatable bonds is 23. The number of aliphatic hydroxyl groups is 1. The van der Waals surface area contributed by atoms with Crippen molar-refractivity contribution >= 4 is 26.5 Å². The molecule has 1 N–H and O–H groups in total. The van der Waals surface area contributed by atoms with Gasteiger partial charge in [0.05, 0.1) is 73.2 Å². The monoisotopic (exact) mass is 909 g/mol. The lowest BCUT2D eigenvalue weighted by Crippen LogP contribution is -2.49. The summed E-state index contributed by atoms with van der Waals surface area (Å²) < 4.78 is 72.6. The molecule has 4 rings (SSSR count). The second-order valence-electron chi connectivity index (χ2n) is 21.5. The van der Waals surface area contributed by atoms with Crippen molar-refractivity contribution in [2.24, 2.45) is 17.8 Å². The lowest BCUT2D eigenvalue weighted by Gasteiger charge is -2.42. The predicted molar refractivity (Wildman–Crippen MR) is 251 cm³/mol. The standard InChI is InChI=1S/C48H84O10SSi2/c1-33(21-23-42-35(3)28-37(56-42)22-24-45-53-25-26-54-45)27-34(2)36(4)41(49)30-43-40(32-59(50,51)39-19-17-16-18-20-39)46(52-11)44(57-43)29-38(58-61(14,15)48(8,9)10)31-55-60(12,13)47(5,6)7/h16-20,33-34,37-38,40-46,49H,3-4,21-32H2,1-2,5-15H3/t33-,34+,37-,38-,40-,41+,42-,43-,44+,46+/m0/s1. The summed E-state index contributed by atoms with van der Waals surface area (Å²) in [4.78, 5) is 0.261. The van der Waals surface area contributed by atoms with Crippen LogP contribution in [0.4, 0.5) is 0 Å². The summed E-state index contributed by atoms with van der Waals surface area (Å²) >= 11 is 0. The Balaban J connectivity index is 1.46. The van der Waals surface area contributed by atoms with Crippen LogP contribution in [-0.2, 0) is 42.4 Å². The lowest BCUT2D eigenvalue weighted by molar-refractivity contribution is -0.0587. The van der Waals surface area contributed by atoms with Crippen molar-refractivity contribution in [3.8, 4) is 0 Å². The van der Waals surface area contributed by atoms with E-state index in [1.807, 2.05) is 6.07 Å². The Morgan fingerprint density at radius 1 is 0.902 bits per heavy atom. The van der Waals surface area contributed by atoms with Gasteiger partial charge in [0, 0.05) is 32.3 Å². The maximum absolute atomic E-state index is 14.0. The third kappa shape index (κ3) is 14.6. The van der Waals surface area contributed by atoms with E-state index in [2.05, 4.69) is 94.7 Å². The van der Waals surface area contributed by atoms with Crippen LogP contribution < -0.4 is 0 Å². The van der Waals surface area contributed by atoms with Crippen LogP contribution in [0.15, 0.2) is 59.5 Å². The molecule has 0 aliphatic carbocycles. The van der Waals surface area contributed by atoms with E-state index in [-0.39, 0.29) is 57.7 Å². The number of hydrogen-bond acceptors (Lipinski definition) is 10. The van der Waals surface area contributed by atoms with Gasteiger partial charge in [0.2, 0.25) is 0 Å². The quantitative estimate of drug-likeness (QED) is 0.0840. The molecule has 10 atom stereocenters. The van der Waals surface area contributed by atoms with E-state index in [0.29, 0.717) is 32.2 Å². The highest BCUT2D eigenvalue weighted by Gasteiger charge is 2.50. The van der Waals surface area contributed by atoms with Crippen LogP contribution in [-0.4, -0.2) is 112 Å². The summed E-state index contributed by atoms with van der Waals surface area (Å²) in [7, 11) is -6.47. The fraction of sp³-hybridized carbons (Fsp3) is 0.792. The molecule has 1 aromatic rings. The Morgan fingerprint density at radius 3 is 2.11 bits per heavy atom. The minimum absolute atomic E-state index is 0.0207. The maximum atomic E-state index is 14.0. The number of benzene rings is 1. The summed E-state index contributed by atoms with van der Waals surface area (Å²) in [5.41, 5.74) is 1.89. The number of methoxy groups -OCH3 is 1. The zero-order valence-electron chi connectivity index (χ0n) is 40.2. The molecule has 3 heterocycles. The highest BCUT2D eigenvalue weighted by molar-refractivity contribution is 7.91. The van der Waals surface area contributed by atoms with E-state index in [9.17, 15) is 13.5 Å². The van der Waals surface area contributed by atoms with Crippen molar-refractivity contribution in [1.29, 1.82) is 0 Å². The molecule has 0 saturated carbocycles. The van der Waals surface area contributed by atoms with Gasteiger partial charge in [-0.2, -0.15) is 0 Å². The van der Waals surface area contributed by atoms with Gasteiger partial charge in [-0.3, -0.25) is 0 Å². The second kappa shape index (κ2) is 21.8. The highest BCUT2D eigenvalue weighted by atomic mass is 32.2. The molecule has 13 heteroatoms. The summed E-state index contributed by atoms with van der Waals surface area (Å²) in [6.07, 6.45) is 3.34. The molecular weight excluding hydrogens is 825 g/mol. The van der Waals surface area contributed by atoms with Gasteiger partial charge in [-0.1, -0.05) is 86.7 Å². The molecule has 1 aromatic carbocycles. The molecule has 0 bridgehead atoms. The molecule has 0 spiro atoms. The molecule has 61 heavy (non-hydrogen) atoms. The first-order chi connectivity index (χ1) is 28.2. The predicted octanol–water partition coefficient (Wildman–Crippen LogP) is 10.3. The van der Waals surface area contributed by atoms with Crippen molar-refractivity contribution in [3.63, 3.8) is 0 Å². The van der Waals surface area contributed by atoms with Crippen LogP contribution in [0.3, 0.4) is 0 Å². The Bertz CT molecular complexity index is 1650. The third-order valence-electron chi connectivity index (χ3n) is 14.5. The maximum Gasteiger partial charge on any atom is 0.192 e. The van der Waals surface area contributed by atoms with Gasteiger partial charge in [-0.15, -0.1) is 0 Å². The van der Waals surface area contributed by atoms with Gasteiger partial charge in [0.1, 0.15) is 0 Å². The minimum atomic E-state index is -3.72. The van der Waals surface area contributed by atoms with Crippen molar-refractivity contribution in [3.05, 3.63) is 54.6 Å². The Labute approximate surface area is 373 Å². The summed E-state index contributed by atoms with van der Waals surface area (Å²) in [6, 6.07) is 8.56. The fourth-order valence-corrected chi connectivity index (χ4v) is 12.5. The van der Waals surface area contributed by atoms with E-state index in [1.54, 1.807) is 31.4 Å². The number of ether oxygens (including phenoxy) is 5. The van der Waals surface area contributed by atoms with Crippen molar-refractivity contribution in [2.75, 3.05) is 32.7 Å². The molecular formula is C48H84O10SSi2. The molecule has 350 valence electrons. The molecule has 3 saturated heterocycles. The molecule has 0 amide bonds. The lowest BCUT2D eigenvalue weighted by atomic mass is 9.84. The van der Waals surface area contributed by atoms with Crippen molar-refractivity contribution in [2.45, 2.75) is 197 Å². The fourth-order valence-electron chi connectivity index (χ4n) is 8.48. The summed E-state index contributed by atoms with van der Waals surface area (Å²) in [5, 5.41) is 11.8. The smallest absolute Gasteiger partial charge is 0.192 e. The van der Waals surface area contributed by atoms with Gasteiger partial charge in [-0.05, 0) is 103 Å². The first kappa shape index (κ1) is 52.4. The van der Waals surface area contributed by atoms with E-state index < -0.39 is 56.8 Å². The van der Waals surface area contributed by atoms with Crippen molar-refractivity contribution < 1.29 is 46.1 Å². The molecule has 0 radical (unpaired) electrons. The normalized spacial score (nSPS) is 26.8. The first-order valence-electron chi connectivity index (χ1n) is 23.0. The van der Waals surface area contributed by atoms with Crippen LogP contribution in [0.25, 0.3) is 0 Å². The Kier molecular flexibility index (Phi) is 18.8. The number of hydrogen-bond donors (Lipinski definition) is 1. The summed E-state index contributed by atoms with van der Waals surface area (Å²) in [6.45, 7) is 37.2. The largest absolute Gasteiger partial charge is 0.414 e. The summed E-state index contributed by atoms with van der Waals surface area (Å²) in [5.74, 6) is -0.300. The van der Waals surface area contributed by atoms with Crippen molar-refractivity contribution in [1.82, 2.24) is 0 Å². The van der Waals surface area contributed by atoms with Gasteiger partial charge in [-0.25, -0.2) is 8.42 Å². The Morgan fingerprint density at radius 2 is 1.52 bits per heavy atom. The van der Waals surface area contributed by atoms with Gasteiger partial charge < -0.3 is 37.6 Å². The van der Waals surface area contributed by atoms with Crippen LogP contribution in [0.5, 0.6) is 0 Å². The Hall–Kier alpha value is -1.24. The van der Waals surface area contributed by atoms with Gasteiger partial charge in [0.15, 0.2) is 32.8 Å². The van der Waals surface area contributed by atoms with Crippen LogP contribution in [0, 0.1) is 17.8 Å². The third-order valence-corrected chi connectivity index (χ3v) is 25.4. The average molecular weight is 909 g/mol. The number of sulfone groups is 1. The molecule has 3 fully saturated rings. The van der Waals surface area contributed by atoms with E-state index in [1.165, 1.54) is 0 Å². The molecule has 10 nitrogen and oxygen atoms in total. The van der Waals surface area contributed by atoms with E-state index in [4.69, 9.17) is 32.5 Å². The van der Waals surface area contributed by atoms with Crippen LogP contribution >= 0.6 is 0 Å². The number of aliphatic hydroxyl groups excluding tert-OH is 1. The minimum Gasteiger partial charge on any atom is -0.414 e. The molecule has 0 unspecified atom stereocenters. The zero-order chi connectivity index (χ0) is 45.6. The van der Waals surface area contributed by atoms with Gasteiger partial charge in [0.25, 0.3) is 0 Å². The van der Waals surface area contributed by atoms with Crippen LogP contribution in [0.2, 0.25) is 36.3 Å². The SMILES string of the molecule is C=C([C@H](C)C[C@@H](C)CC[C@@H]1O[C@@H](CCC2OCCO2)CC1=C)[C@H](O)C[C@@H]1O[C@H](C[C@@H](CO[Si](C)(C)C(C)(C)C)O[Si](C)(C)C(C)(C)C)[C@H](OC)[C@H]1CS(=O)(=O)c1ccccc1. The van der Waals surface area contributed by atoms with Crippen LogP contribution in [0.1, 0.15) is 107 Å². The second-order valence-corrected chi connectivity index (χ2v) is 33.1. The molecule has 3 aliphatic rings. The van der Waals surface area contributed by atoms with E-state index >= 15 is 0 Å². The first-order valence-corrected chi connectivity index (χ1v) is 30.4. The average Bonchev–Trinajstić information content (AvgIpc) is 3.89. The highest BCUT2D eigenvalue weighted by Crippen LogP contribution is 2.43. The van der Waals surface area contributed by atoms with E-state index in [0.717, 1.165) is 49.7 Å².